The summed E-state index contributed by atoms with van der Waals surface area (Å²) in [5, 5.41) is 13.5. The zero-order chi connectivity index (χ0) is 15.9. The Morgan fingerprint density at radius 3 is 2.59 bits per heavy atom. The lowest BCUT2D eigenvalue weighted by Gasteiger charge is -2.17. The first-order chi connectivity index (χ1) is 10.6. The number of amides is 1. The van der Waals surface area contributed by atoms with Gasteiger partial charge in [-0.15, -0.1) is 0 Å². The van der Waals surface area contributed by atoms with Crippen LogP contribution in [0.3, 0.4) is 0 Å². The molecule has 0 spiro atoms. The Labute approximate surface area is 129 Å². The molecule has 1 saturated heterocycles. The fourth-order valence-electron chi connectivity index (χ4n) is 2.72. The maximum absolute atomic E-state index is 12.2. The fourth-order valence-corrected chi connectivity index (χ4v) is 2.72. The number of nitro groups is 1. The number of nitrogens with zero attached hydrogens (tertiary/aromatic N) is 1. The van der Waals surface area contributed by atoms with E-state index in [1.165, 1.54) is 43.1 Å². The van der Waals surface area contributed by atoms with E-state index in [2.05, 4.69) is 5.32 Å². The average Bonchev–Trinajstić information content (AvgIpc) is 2.76. The van der Waals surface area contributed by atoms with Gasteiger partial charge in [0.05, 0.1) is 36.9 Å². The Balaban J connectivity index is 1.99. The zero-order valence-electron chi connectivity index (χ0n) is 12.8. The maximum atomic E-state index is 12.2. The van der Waals surface area contributed by atoms with Gasteiger partial charge in [-0.05, 0) is 31.7 Å². The Kier molecular flexibility index (Phi) is 5.71. The van der Waals surface area contributed by atoms with Crippen molar-refractivity contribution in [3.63, 3.8) is 0 Å². The van der Waals surface area contributed by atoms with Gasteiger partial charge in [-0.25, -0.2) is 0 Å². The van der Waals surface area contributed by atoms with Gasteiger partial charge in [0.2, 0.25) is 0 Å². The molecule has 22 heavy (non-hydrogen) atoms. The third-order valence-electron chi connectivity index (χ3n) is 3.89. The number of anilines is 1. The van der Waals surface area contributed by atoms with Crippen molar-refractivity contribution in [2.75, 3.05) is 32.1 Å². The summed E-state index contributed by atoms with van der Waals surface area (Å²) in [6, 6.07) is 4.18. The summed E-state index contributed by atoms with van der Waals surface area (Å²) in [6.45, 7) is 2.45. The van der Waals surface area contributed by atoms with E-state index in [0.29, 0.717) is 18.0 Å². The van der Waals surface area contributed by atoms with E-state index in [0.717, 1.165) is 25.9 Å². The first-order valence-corrected chi connectivity index (χ1v) is 7.56. The van der Waals surface area contributed by atoms with Crippen molar-refractivity contribution < 1.29 is 19.4 Å². The van der Waals surface area contributed by atoms with Gasteiger partial charge in [0.25, 0.3) is 11.6 Å². The monoisotopic (exact) mass is 308 g/mol. The molecule has 1 aromatic carbocycles. The van der Waals surface area contributed by atoms with Gasteiger partial charge in [-0.2, -0.15) is 0 Å². The molecule has 1 aromatic rings. The molecule has 1 aliphatic rings. The lowest BCUT2D eigenvalue weighted by Crippen LogP contribution is -3.12. The van der Waals surface area contributed by atoms with E-state index in [1.807, 2.05) is 0 Å². The van der Waals surface area contributed by atoms with Crippen molar-refractivity contribution in [2.24, 2.45) is 0 Å². The number of hydrogen-bond acceptors (Lipinski definition) is 4. The van der Waals surface area contributed by atoms with Gasteiger partial charge in [-0.1, -0.05) is 0 Å². The number of ether oxygens (including phenoxy) is 1. The fraction of sp³-hybridized carbons (Fsp3) is 0.533. The van der Waals surface area contributed by atoms with Crippen molar-refractivity contribution in [3.05, 3.63) is 28.3 Å². The van der Waals surface area contributed by atoms with E-state index in [9.17, 15) is 14.9 Å². The molecule has 0 radical (unpaired) electrons. The van der Waals surface area contributed by atoms with Crippen molar-refractivity contribution >= 4 is 17.3 Å². The minimum absolute atomic E-state index is 0.0620. The van der Waals surface area contributed by atoms with E-state index in [4.69, 9.17) is 4.74 Å². The largest absolute Gasteiger partial charge is 0.494 e. The van der Waals surface area contributed by atoms with Crippen molar-refractivity contribution in [1.29, 1.82) is 0 Å². The number of carbonyl (C=O) groups is 1. The Morgan fingerprint density at radius 2 is 2.00 bits per heavy atom. The van der Waals surface area contributed by atoms with Gasteiger partial charge in [0.1, 0.15) is 5.75 Å². The molecule has 1 heterocycles. The smallest absolute Gasteiger partial charge is 0.279 e. The summed E-state index contributed by atoms with van der Waals surface area (Å²) < 4.78 is 5.12. The number of nitro benzene ring substituents is 1. The van der Waals surface area contributed by atoms with Gasteiger partial charge in [0, 0.05) is 6.07 Å². The maximum Gasteiger partial charge on any atom is 0.279 e. The first kappa shape index (κ1) is 16.2. The minimum Gasteiger partial charge on any atom is -0.494 e. The third-order valence-corrected chi connectivity index (χ3v) is 3.89. The zero-order valence-corrected chi connectivity index (χ0v) is 12.8. The van der Waals surface area contributed by atoms with Crippen LogP contribution in [0.1, 0.15) is 25.7 Å². The van der Waals surface area contributed by atoms with Crippen molar-refractivity contribution in [2.45, 2.75) is 25.7 Å². The highest BCUT2D eigenvalue weighted by atomic mass is 16.6. The van der Waals surface area contributed by atoms with Crippen LogP contribution in [-0.2, 0) is 4.79 Å². The molecular weight excluding hydrogens is 286 g/mol. The molecule has 0 unspecified atom stereocenters. The molecule has 0 atom stereocenters. The lowest BCUT2D eigenvalue weighted by molar-refractivity contribution is -0.890. The summed E-state index contributed by atoms with van der Waals surface area (Å²) in [5.41, 5.74) is 0.403. The second kappa shape index (κ2) is 7.74. The van der Waals surface area contributed by atoms with Crippen LogP contribution in [0.15, 0.2) is 18.2 Å². The van der Waals surface area contributed by atoms with Gasteiger partial charge in [0.15, 0.2) is 6.54 Å². The third kappa shape index (κ3) is 4.42. The highest BCUT2D eigenvalue weighted by Crippen LogP contribution is 2.28. The van der Waals surface area contributed by atoms with Crippen LogP contribution in [0.4, 0.5) is 11.4 Å². The second-order valence-corrected chi connectivity index (χ2v) is 5.53. The summed E-state index contributed by atoms with van der Waals surface area (Å²) in [6.07, 6.45) is 4.79. The Bertz CT molecular complexity index is 540. The first-order valence-electron chi connectivity index (χ1n) is 7.56. The minimum atomic E-state index is -0.491. The molecule has 0 saturated carbocycles. The van der Waals surface area contributed by atoms with E-state index >= 15 is 0 Å². The lowest BCUT2D eigenvalue weighted by atomic mass is 10.2. The molecule has 0 aromatic heterocycles. The highest BCUT2D eigenvalue weighted by Gasteiger charge is 2.18. The standard InChI is InChI=1S/C15H21N3O4/c1-22-14-10-12(18(20)21)6-7-13(14)16-15(19)11-17-8-4-2-3-5-9-17/h6-7,10H,2-5,8-9,11H2,1H3,(H,16,19)/p+1. The number of nitrogens with one attached hydrogen (secondary N) is 2. The molecule has 1 fully saturated rings. The summed E-state index contributed by atoms with van der Waals surface area (Å²) in [5.74, 6) is 0.206. The van der Waals surface area contributed by atoms with Crippen LogP contribution < -0.4 is 15.0 Å². The molecule has 1 amide bonds. The normalized spacial score (nSPS) is 15.9. The molecular formula is C15H22N3O4+. The topological polar surface area (TPSA) is 85.9 Å². The number of hydrogen-bond donors (Lipinski definition) is 2. The predicted molar refractivity (Wildman–Crippen MR) is 82.3 cm³/mol. The molecule has 0 aliphatic carbocycles. The van der Waals surface area contributed by atoms with Crippen LogP contribution in [0.5, 0.6) is 5.75 Å². The molecule has 2 N–H and O–H groups in total. The molecule has 1 aliphatic heterocycles. The average molecular weight is 308 g/mol. The number of rotatable bonds is 5. The predicted octanol–water partition coefficient (Wildman–Crippen LogP) is 1.00. The van der Waals surface area contributed by atoms with Crippen LogP contribution in [0.25, 0.3) is 0 Å². The molecule has 2 rings (SSSR count). The summed E-state index contributed by atoms with van der Waals surface area (Å²) >= 11 is 0. The Morgan fingerprint density at radius 1 is 1.32 bits per heavy atom. The van der Waals surface area contributed by atoms with E-state index in [1.54, 1.807) is 0 Å². The number of likely N-dealkylation sites (tertiary alicyclic amines) is 1. The summed E-state index contributed by atoms with van der Waals surface area (Å²) in [7, 11) is 1.43. The summed E-state index contributed by atoms with van der Waals surface area (Å²) in [4.78, 5) is 23.7. The van der Waals surface area contributed by atoms with Crippen LogP contribution in [0.2, 0.25) is 0 Å². The number of carbonyl (C=O) groups excluding carboxylic acids is 1. The number of benzene rings is 1. The molecule has 0 bridgehead atoms. The van der Waals surface area contributed by atoms with Gasteiger partial charge in [-0.3, -0.25) is 14.9 Å². The highest BCUT2D eigenvalue weighted by molar-refractivity contribution is 5.93. The number of methoxy groups -OCH3 is 1. The van der Waals surface area contributed by atoms with E-state index < -0.39 is 4.92 Å². The van der Waals surface area contributed by atoms with Gasteiger partial charge >= 0.3 is 0 Å². The molecule has 7 nitrogen and oxygen atoms in total. The van der Waals surface area contributed by atoms with Gasteiger partial charge < -0.3 is 15.0 Å². The number of quaternary nitrogens is 1. The SMILES string of the molecule is COc1cc([N+](=O)[O-])ccc1NC(=O)C[NH+]1CCCCCC1. The second-order valence-electron chi connectivity index (χ2n) is 5.53. The molecule has 7 heteroatoms. The quantitative estimate of drug-likeness (QED) is 0.628. The van der Waals surface area contributed by atoms with Crippen molar-refractivity contribution in [1.82, 2.24) is 0 Å². The Hall–Kier alpha value is -2.15. The van der Waals surface area contributed by atoms with Crippen LogP contribution in [0, 0.1) is 10.1 Å². The number of non-ortho nitro benzene ring substituents is 1. The molecule has 120 valence electrons. The van der Waals surface area contributed by atoms with Crippen LogP contribution >= 0.6 is 0 Å². The van der Waals surface area contributed by atoms with Crippen LogP contribution in [-0.4, -0.2) is 37.6 Å². The van der Waals surface area contributed by atoms with E-state index in [-0.39, 0.29) is 11.6 Å². The van der Waals surface area contributed by atoms with Crippen molar-refractivity contribution in [3.8, 4) is 5.75 Å².